The molecule has 2 aliphatic heterocycles. The van der Waals surface area contributed by atoms with E-state index in [1.807, 2.05) is 24.3 Å². The minimum atomic E-state index is -3.31. The van der Waals surface area contributed by atoms with Crippen molar-refractivity contribution in [2.24, 2.45) is 0 Å². The number of halogens is 1. The van der Waals surface area contributed by atoms with Gasteiger partial charge in [-0.2, -0.15) is 4.31 Å². The van der Waals surface area contributed by atoms with Crippen molar-refractivity contribution >= 4 is 55.4 Å². The number of ether oxygens (including phenoxy) is 1. The average Bonchev–Trinajstić information content (AvgIpc) is 3.54. The predicted molar refractivity (Wildman–Crippen MR) is 172 cm³/mol. The number of hydrogen-bond acceptors (Lipinski definition) is 8. The number of carbonyl (C=O) groups excluding carboxylic acids is 1. The molecule has 0 bridgehead atoms. The Bertz CT molecular complexity index is 1620. The number of morpholine rings is 1. The van der Waals surface area contributed by atoms with E-state index >= 15 is 0 Å². The summed E-state index contributed by atoms with van der Waals surface area (Å²) in [6, 6.07) is 6.98. The Hall–Kier alpha value is -2.32. The first kappa shape index (κ1) is 31.7. The number of nitrogens with zero attached hydrogens (tertiary/aromatic N) is 3. The summed E-state index contributed by atoms with van der Waals surface area (Å²) in [7, 11) is -3.31. The molecule has 0 spiro atoms. The van der Waals surface area contributed by atoms with Gasteiger partial charge in [-0.3, -0.25) is 4.90 Å². The number of nitrogens with one attached hydrogen (secondary N) is 1. The van der Waals surface area contributed by atoms with E-state index in [4.69, 9.17) is 16.3 Å². The van der Waals surface area contributed by atoms with Crippen molar-refractivity contribution in [3.63, 3.8) is 0 Å². The molecule has 44 heavy (non-hydrogen) atoms. The van der Waals surface area contributed by atoms with Crippen LogP contribution in [0.4, 0.5) is 0 Å². The molecule has 6 rings (SSSR count). The van der Waals surface area contributed by atoms with Crippen LogP contribution < -0.4 is 5.32 Å². The van der Waals surface area contributed by atoms with Gasteiger partial charge in [0.1, 0.15) is 17.2 Å². The van der Waals surface area contributed by atoms with E-state index < -0.39 is 28.1 Å². The highest BCUT2D eigenvalue weighted by Gasteiger charge is 2.37. The number of hydrogen-bond donors (Lipinski definition) is 2. The number of carboxylic acid groups (broad SMARTS) is 1. The number of aromatic carboxylic acids is 1. The number of piperazine rings is 1. The maximum absolute atomic E-state index is 13.1. The number of carbonyl (C=O) groups is 2. The van der Waals surface area contributed by atoms with Crippen molar-refractivity contribution in [2.75, 3.05) is 52.1 Å². The Morgan fingerprint density at radius 2 is 1.86 bits per heavy atom. The summed E-state index contributed by atoms with van der Waals surface area (Å²) in [5, 5.41) is 14.5. The minimum absolute atomic E-state index is 0.224. The molecule has 3 fully saturated rings. The number of rotatable bonds is 9. The summed E-state index contributed by atoms with van der Waals surface area (Å²) in [5.74, 6) is -0.772. The van der Waals surface area contributed by atoms with Crippen LogP contribution in [0.15, 0.2) is 24.3 Å². The number of thiophene rings is 1. The third kappa shape index (κ3) is 6.22. The zero-order valence-corrected chi connectivity index (χ0v) is 27.2. The van der Waals surface area contributed by atoms with Crippen LogP contribution in [0.5, 0.6) is 0 Å². The second-order valence-corrected chi connectivity index (χ2v) is 15.5. The fourth-order valence-electron chi connectivity index (χ4n) is 7.10. The largest absolute Gasteiger partial charge is 0.477 e. The zero-order valence-electron chi connectivity index (χ0n) is 24.8. The minimum Gasteiger partial charge on any atom is -0.477 e. The Labute approximate surface area is 267 Å². The van der Waals surface area contributed by atoms with Gasteiger partial charge in [0.15, 0.2) is 0 Å². The zero-order chi connectivity index (χ0) is 31.0. The highest BCUT2D eigenvalue weighted by Crippen LogP contribution is 2.50. The molecule has 2 atom stereocenters. The smallest absolute Gasteiger partial charge is 0.346 e. The van der Waals surface area contributed by atoms with Crippen molar-refractivity contribution in [1.82, 2.24) is 19.1 Å². The maximum atomic E-state index is 13.1. The van der Waals surface area contributed by atoms with E-state index in [9.17, 15) is 23.1 Å². The van der Waals surface area contributed by atoms with E-state index in [0.717, 1.165) is 59.0 Å². The van der Waals surface area contributed by atoms with Gasteiger partial charge in [-0.25, -0.2) is 13.2 Å². The van der Waals surface area contributed by atoms with Gasteiger partial charge >= 0.3 is 5.97 Å². The van der Waals surface area contributed by atoms with Crippen molar-refractivity contribution in [1.29, 1.82) is 0 Å². The standard InChI is InChI=1S/C31H39ClN4O6S2/c1-44(40,41)35-14-12-34(13-15-35)18-23-28-30(43-29(23)31(38)39)26(20-5-3-2-4-6-20)27(21-7-9-22(32)10-8-21)36(28)24(19-37)25-17-33-11-16-42-25/h7-10,19-20,24-25,33H,2-6,11-18H2,1H3,(H,38,39). The van der Waals surface area contributed by atoms with Crippen LogP contribution in [0.2, 0.25) is 5.02 Å². The lowest BCUT2D eigenvalue weighted by Crippen LogP contribution is -2.48. The van der Waals surface area contributed by atoms with Crippen LogP contribution in [-0.2, 0) is 26.1 Å². The highest BCUT2D eigenvalue weighted by molar-refractivity contribution is 7.88. The monoisotopic (exact) mass is 662 g/mol. The molecule has 10 nitrogen and oxygen atoms in total. The van der Waals surface area contributed by atoms with Gasteiger partial charge in [0.05, 0.1) is 34.9 Å². The fraction of sp³-hybridized carbons (Fsp3) is 0.548. The van der Waals surface area contributed by atoms with Gasteiger partial charge in [0.2, 0.25) is 10.0 Å². The first-order chi connectivity index (χ1) is 21.2. The molecule has 1 saturated carbocycles. The van der Waals surface area contributed by atoms with Gasteiger partial charge in [0.25, 0.3) is 0 Å². The highest BCUT2D eigenvalue weighted by atomic mass is 35.5. The Kier molecular flexibility index (Phi) is 9.49. The normalized spacial score (nSPS) is 21.9. The first-order valence-corrected chi connectivity index (χ1v) is 18.4. The number of aromatic nitrogens is 1. The van der Waals surface area contributed by atoms with Gasteiger partial charge in [0, 0.05) is 56.4 Å². The molecule has 2 N–H and O–H groups in total. The summed E-state index contributed by atoms with van der Waals surface area (Å²) < 4.78 is 34.9. The topological polar surface area (TPSA) is 121 Å². The summed E-state index contributed by atoms with van der Waals surface area (Å²) in [6.45, 7) is 3.67. The van der Waals surface area contributed by atoms with Crippen LogP contribution in [0, 0.1) is 0 Å². The van der Waals surface area contributed by atoms with E-state index in [1.54, 1.807) is 0 Å². The molecule has 4 heterocycles. The van der Waals surface area contributed by atoms with E-state index in [2.05, 4.69) is 14.8 Å². The van der Waals surface area contributed by atoms with Crippen LogP contribution >= 0.6 is 22.9 Å². The number of aldehydes is 1. The van der Waals surface area contributed by atoms with Crippen molar-refractivity contribution < 1.29 is 27.9 Å². The fourth-order valence-corrected chi connectivity index (χ4v) is 9.32. The van der Waals surface area contributed by atoms with Crippen molar-refractivity contribution in [2.45, 2.75) is 56.7 Å². The summed E-state index contributed by atoms with van der Waals surface area (Å²) in [5.41, 5.74) is 4.41. The summed E-state index contributed by atoms with van der Waals surface area (Å²) in [4.78, 5) is 28.3. The number of carboxylic acids is 1. The van der Waals surface area contributed by atoms with Crippen molar-refractivity contribution in [3.05, 3.63) is 45.3 Å². The number of benzene rings is 1. The van der Waals surface area contributed by atoms with Crippen LogP contribution in [0.3, 0.4) is 0 Å². The summed E-state index contributed by atoms with van der Waals surface area (Å²) >= 11 is 7.62. The predicted octanol–water partition coefficient (Wildman–Crippen LogP) is 4.57. The molecule has 0 radical (unpaired) electrons. The SMILES string of the molecule is CS(=O)(=O)N1CCN(Cc2c(C(=O)O)sc3c(C4CCCCC4)c(-c4ccc(Cl)cc4)n(C(C=O)C4CNCCO4)c23)CC1. The Morgan fingerprint density at radius 1 is 1.16 bits per heavy atom. The molecule has 0 amide bonds. The molecule has 1 aliphatic carbocycles. The molecule has 13 heteroatoms. The van der Waals surface area contributed by atoms with E-state index in [0.29, 0.717) is 63.0 Å². The van der Waals surface area contributed by atoms with Crippen LogP contribution in [-0.4, -0.2) is 97.8 Å². The van der Waals surface area contributed by atoms with Crippen LogP contribution in [0.1, 0.15) is 64.9 Å². The molecule has 3 aromatic rings. The second kappa shape index (κ2) is 13.2. The molecule has 1 aromatic carbocycles. The summed E-state index contributed by atoms with van der Waals surface area (Å²) in [6.07, 6.45) is 7.08. The maximum Gasteiger partial charge on any atom is 0.346 e. The van der Waals surface area contributed by atoms with Gasteiger partial charge in [-0.15, -0.1) is 11.3 Å². The lowest BCUT2D eigenvalue weighted by molar-refractivity contribution is -0.115. The van der Waals surface area contributed by atoms with E-state index in [1.165, 1.54) is 28.3 Å². The Morgan fingerprint density at radius 3 is 2.45 bits per heavy atom. The van der Waals surface area contributed by atoms with Crippen molar-refractivity contribution in [3.8, 4) is 11.3 Å². The van der Waals surface area contributed by atoms with Gasteiger partial charge in [-0.1, -0.05) is 43.0 Å². The first-order valence-electron chi connectivity index (χ1n) is 15.3. The molecule has 2 aromatic heterocycles. The molecule has 3 aliphatic rings. The molecular weight excluding hydrogens is 624 g/mol. The third-order valence-corrected chi connectivity index (χ3v) is 12.0. The third-order valence-electron chi connectivity index (χ3n) is 9.24. The molecule has 2 unspecified atom stereocenters. The quantitative estimate of drug-likeness (QED) is 0.320. The number of sulfonamides is 1. The average molecular weight is 663 g/mol. The van der Waals surface area contributed by atoms with Crippen LogP contribution in [0.25, 0.3) is 21.5 Å². The lowest BCUT2D eigenvalue weighted by atomic mass is 9.83. The number of fused-ring (bicyclic) bond motifs is 1. The molecular formula is C31H39ClN4O6S2. The van der Waals surface area contributed by atoms with E-state index in [-0.39, 0.29) is 10.8 Å². The molecule has 2 saturated heterocycles. The molecule has 238 valence electrons. The van der Waals surface area contributed by atoms with Gasteiger partial charge in [-0.05, 0) is 42.0 Å². The van der Waals surface area contributed by atoms with Gasteiger partial charge < -0.3 is 24.5 Å². The second-order valence-electron chi connectivity index (χ2n) is 12.0. The lowest BCUT2D eigenvalue weighted by Gasteiger charge is -2.34. The Balaban J connectivity index is 1.58.